The first-order chi connectivity index (χ1) is 8.16. The molecule has 2 rings (SSSR count). The van der Waals surface area contributed by atoms with Crippen LogP contribution in [0.5, 0.6) is 0 Å². The number of hydrogen-bond donors (Lipinski definition) is 1. The van der Waals surface area contributed by atoms with Gasteiger partial charge in [0.05, 0.1) is 5.02 Å². The summed E-state index contributed by atoms with van der Waals surface area (Å²) in [7, 11) is 0. The highest BCUT2D eigenvalue weighted by Gasteiger charge is 2.21. The minimum Gasteiger partial charge on any atom is -0.326 e. The van der Waals surface area contributed by atoms with Crippen LogP contribution in [0.2, 0.25) is 5.02 Å². The molecule has 1 fully saturated rings. The van der Waals surface area contributed by atoms with Crippen LogP contribution in [0, 0.1) is 5.82 Å². The molecule has 1 aromatic carbocycles. The van der Waals surface area contributed by atoms with Crippen LogP contribution in [-0.4, -0.2) is 17.0 Å². The van der Waals surface area contributed by atoms with Crippen molar-refractivity contribution in [2.75, 3.05) is 5.75 Å². The number of thioether (sulfide) groups is 1. The van der Waals surface area contributed by atoms with Crippen molar-refractivity contribution in [2.45, 2.75) is 37.0 Å². The summed E-state index contributed by atoms with van der Waals surface area (Å²) in [6, 6.07) is 5.01. The third-order valence-corrected chi connectivity index (χ3v) is 4.98. The Kier molecular flexibility index (Phi) is 4.71. The first kappa shape index (κ1) is 13.2. The fraction of sp³-hybridized carbons (Fsp3) is 0.538. The van der Waals surface area contributed by atoms with Crippen LogP contribution in [0.15, 0.2) is 18.2 Å². The summed E-state index contributed by atoms with van der Waals surface area (Å²) < 4.78 is 13.0. The topological polar surface area (TPSA) is 26.0 Å². The first-order valence-electron chi connectivity index (χ1n) is 5.98. The van der Waals surface area contributed by atoms with Crippen LogP contribution in [0.4, 0.5) is 4.39 Å². The lowest BCUT2D eigenvalue weighted by atomic mass is 10.0. The van der Waals surface area contributed by atoms with Crippen molar-refractivity contribution in [2.24, 2.45) is 5.73 Å². The predicted octanol–water partition coefficient (Wildman–Crippen LogP) is 3.63. The van der Waals surface area contributed by atoms with Gasteiger partial charge in [-0.15, -0.1) is 0 Å². The van der Waals surface area contributed by atoms with Gasteiger partial charge in [0.1, 0.15) is 5.82 Å². The molecule has 1 saturated heterocycles. The highest BCUT2D eigenvalue weighted by Crippen LogP contribution is 2.28. The number of rotatable bonds is 3. The van der Waals surface area contributed by atoms with E-state index in [1.807, 2.05) is 11.8 Å². The van der Waals surface area contributed by atoms with E-state index in [1.165, 1.54) is 31.1 Å². The molecule has 0 radical (unpaired) electrons. The molecule has 0 aliphatic carbocycles. The van der Waals surface area contributed by atoms with Crippen LogP contribution in [0.3, 0.4) is 0 Å². The van der Waals surface area contributed by atoms with Crippen LogP contribution >= 0.6 is 23.4 Å². The van der Waals surface area contributed by atoms with E-state index >= 15 is 0 Å². The first-order valence-corrected chi connectivity index (χ1v) is 7.40. The second-order valence-electron chi connectivity index (χ2n) is 4.52. The van der Waals surface area contributed by atoms with E-state index in [9.17, 15) is 4.39 Å². The SMILES string of the molecule is NC(Cc1ccc(F)c(Cl)c1)C1CCCCS1. The Hall–Kier alpha value is -0.250. The molecular formula is C13H17ClFNS. The third kappa shape index (κ3) is 3.60. The van der Waals surface area contributed by atoms with Crippen LogP contribution < -0.4 is 5.73 Å². The smallest absolute Gasteiger partial charge is 0.141 e. The molecule has 0 amide bonds. The van der Waals surface area contributed by atoms with Crippen LogP contribution in [-0.2, 0) is 6.42 Å². The molecule has 4 heteroatoms. The molecule has 1 heterocycles. The molecule has 1 nitrogen and oxygen atoms in total. The van der Waals surface area contributed by atoms with Crippen molar-refractivity contribution in [3.8, 4) is 0 Å². The molecule has 2 atom stereocenters. The molecule has 17 heavy (non-hydrogen) atoms. The summed E-state index contributed by atoms with van der Waals surface area (Å²) in [5.74, 6) is 0.846. The Morgan fingerprint density at radius 2 is 2.29 bits per heavy atom. The van der Waals surface area contributed by atoms with Crippen molar-refractivity contribution in [3.63, 3.8) is 0 Å². The monoisotopic (exact) mass is 273 g/mol. The maximum atomic E-state index is 13.0. The largest absolute Gasteiger partial charge is 0.326 e. The van der Waals surface area contributed by atoms with Crippen LogP contribution in [0.25, 0.3) is 0 Å². The Morgan fingerprint density at radius 1 is 1.47 bits per heavy atom. The summed E-state index contributed by atoms with van der Waals surface area (Å²) in [6.45, 7) is 0. The van der Waals surface area contributed by atoms with Gasteiger partial charge in [0.15, 0.2) is 0 Å². The molecule has 94 valence electrons. The summed E-state index contributed by atoms with van der Waals surface area (Å²) in [6.07, 6.45) is 4.55. The van der Waals surface area contributed by atoms with Gasteiger partial charge in [-0.2, -0.15) is 11.8 Å². The average Bonchev–Trinajstić information content (AvgIpc) is 2.35. The summed E-state index contributed by atoms with van der Waals surface area (Å²) in [5.41, 5.74) is 7.23. The van der Waals surface area contributed by atoms with E-state index in [1.54, 1.807) is 12.1 Å². The van der Waals surface area contributed by atoms with Gasteiger partial charge in [-0.1, -0.05) is 24.1 Å². The van der Waals surface area contributed by atoms with Gasteiger partial charge in [0.25, 0.3) is 0 Å². The zero-order chi connectivity index (χ0) is 12.3. The Balaban J connectivity index is 1.96. The second kappa shape index (κ2) is 6.07. The Morgan fingerprint density at radius 3 is 2.94 bits per heavy atom. The fourth-order valence-electron chi connectivity index (χ4n) is 2.17. The van der Waals surface area contributed by atoms with Gasteiger partial charge >= 0.3 is 0 Å². The highest BCUT2D eigenvalue weighted by molar-refractivity contribution is 8.00. The van der Waals surface area contributed by atoms with Gasteiger partial charge in [-0.3, -0.25) is 0 Å². The molecule has 1 aliphatic rings. The molecule has 0 saturated carbocycles. The number of nitrogens with two attached hydrogens (primary N) is 1. The van der Waals surface area contributed by atoms with Crippen molar-refractivity contribution in [3.05, 3.63) is 34.6 Å². The lowest BCUT2D eigenvalue weighted by Gasteiger charge is -2.27. The maximum absolute atomic E-state index is 13.0. The molecule has 2 unspecified atom stereocenters. The lowest BCUT2D eigenvalue weighted by molar-refractivity contribution is 0.558. The molecule has 0 aromatic heterocycles. The molecule has 1 aromatic rings. The van der Waals surface area contributed by atoms with Gasteiger partial charge in [-0.25, -0.2) is 4.39 Å². The van der Waals surface area contributed by atoms with Crippen molar-refractivity contribution in [1.82, 2.24) is 0 Å². The van der Waals surface area contributed by atoms with Gasteiger partial charge < -0.3 is 5.73 Å². The minimum atomic E-state index is -0.365. The Labute approximate surface area is 111 Å². The number of halogens is 2. The number of hydrogen-bond acceptors (Lipinski definition) is 2. The predicted molar refractivity (Wildman–Crippen MR) is 73.2 cm³/mol. The van der Waals surface area contributed by atoms with E-state index in [4.69, 9.17) is 17.3 Å². The fourth-order valence-corrected chi connectivity index (χ4v) is 3.73. The highest BCUT2D eigenvalue weighted by atomic mass is 35.5. The molecule has 0 spiro atoms. The minimum absolute atomic E-state index is 0.141. The van der Waals surface area contributed by atoms with Gasteiger partial charge in [0.2, 0.25) is 0 Å². The quantitative estimate of drug-likeness (QED) is 0.910. The molecule has 2 N–H and O–H groups in total. The average molecular weight is 274 g/mol. The van der Waals surface area contributed by atoms with Crippen molar-refractivity contribution < 1.29 is 4.39 Å². The van der Waals surface area contributed by atoms with E-state index in [0.29, 0.717) is 5.25 Å². The van der Waals surface area contributed by atoms with Gasteiger partial charge in [-0.05, 0) is 42.7 Å². The van der Waals surface area contributed by atoms with E-state index in [-0.39, 0.29) is 16.9 Å². The molecule has 1 aliphatic heterocycles. The molecule has 0 bridgehead atoms. The normalized spacial score (nSPS) is 22.4. The van der Waals surface area contributed by atoms with Gasteiger partial charge in [0, 0.05) is 11.3 Å². The summed E-state index contributed by atoms with van der Waals surface area (Å²) >= 11 is 7.73. The van der Waals surface area contributed by atoms with Crippen molar-refractivity contribution >= 4 is 23.4 Å². The zero-order valence-electron chi connectivity index (χ0n) is 9.66. The van der Waals surface area contributed by atoms with E-state index < -0.39 is 0 Å². The standard InChI is InChI=1S/C13H17ClFNS/c14-10-7-9(4-5-11(10)15)8-12(16)13-3-1-2-6-17-13/h4-5,7,12-13H,1-3,6,8,16H2. The van der Waals surface area contributed by atoms with E-state index in [2.05, 4.69) is 0 Å². The molecular weight excluding hydrogens is 257 g/mol. The zero-order valence-corrected chi connectivity index (χ0v) is 11.2. The number of benzene rings is 1. The van der Waals surface area contributed by atoms with E-state index in [0.717, 1.165) is 12.0 Å². The second-order valence-corrected chi connectivity index (χ2v) is 6.28. The lowest BCUT2D eigenvalue weighted by Crippen LogP contribution is -2.36. The summed E-state index contributed by atoms with van der Waals surface area (Å²) in [5, 5.41) is 0.721. The summed E-state index contributed by atoms with van der Waals surface area (Å²) in [4.78, 5) is 0. The van der Waals surface area contributed by atoms with Crippen molar-refractivity contribution in [1.29, 1.82) is 0 Å². The van der Waals surface area contributed by atoms with Crippen LogP contribution in [0.1, 0.15) is 24.8 Å². The maximum Gasteiger partial charge on any atom is 0.141 e. The Bertz CT molecular complexity index is 380. The third-order valence-electron chi connectivity index (χ3n) is 3.15.